The van der Waals surface area contributed by atoms with E-state index < -0.39 is 0 Å². The number of hydrogen-bond acceptors (Lipinski definition) is 7. The fourth-order valence-corrected chi connectivity index (χ4v) is 3.35. The average Bonchev–Trinajstić information content (AvgIpc) is 3.37. The Kier molecular flexibility index (Phi) is 6.49. The number of nitrogens with zero attached hydrogens (tertiary/aromatic N) is 3. The van der Waals surface area contributed by atoms with Gasteiger partial charge in [0.15, 0.2) is 11.5 Å². The lowest BCUT2D eigenvalue weighted by Gasteiger charge is -2.13. The van der Waals surface area contributed by atoms with Gasteiger partial charge in [0, 0.05) is 36.3 Å². The Morgan fingerprint density at radius 3 is 2.39 bits per heavy atom. The SMILES string of the molecule is COc1cc(-c2cc(C(=O)NCc3ccnc(-c4cccnc4)c3)[nH]n2)cc(OC)c1OC. The fraction of sp³-hybridized carbons (Fsp3) is 0.167. The van der Waals surface area contributed by atoms with Gasteiger partial charge in [0.2, 0.25) is 5.75 Å². The third-order valence-electron chi connectivity index (χ3n) is 5.02. The van der Waals surface area contributed by atoms with E-state index in [2.05, 4.69) is 25.5 Å². The molecule has 4 rings (SSSR count). The van der Waals surface area contributed by atoms with Crippen LogP contribution in [0.3, 0.4) is 0 Å². The molecule has 0 aliphatic rings. The Morgan fingerprint density at radius 1 is 0.939 bits per heavy atom. The number of H-pyrrole nitrogens is 1. The maximum absolute atomic E-state index is 12.7. The Bertz CT molecular complexity index is 1230. The van der Waals surface area contributed by atoms with Gasteiger partial charge >= 0.3 is 0 Å². The lowest BCUT2D eigenvalue weighted by atomic mass is 10.1. The number of benzene rings is 1. The standard InChI is InChI=1S/C24H23N5O4/c1-31-21-10-17(11-22(32-2)23(21)33-3)19-12-20(29-28-19)24(30)27-13-15-6-8-26-18(9-15)16-5-4-7-25-14-16/h4-12,14H,13H2,1-3H3,(H,27,30)(H,28,29). The van der Waals surface area contributed by atoms with Crippen LogP contribution in [0.1, 0.15) is 16.1 Å². The lowest BCUT2D eigenvalue weighted by molar-refractivity contribution is 0.0946. The molecule has 0 atom stereocenters. The molecule has 0 aliphatic heterocycles. The molecule has 1 amide bonds. The summed E-state index contributed by atoms with van der Waals surface area (Å²) >= 11 is 0. The summed E-state index contributed by atoms with van der Waals surface area (Å²) in [4.78, 5) is 21.2. The van der Waals surface area contributed by atoms with Crippen molar-refractivity contribution in [3.8, 4) is 39.8 Å². The number of carbonyl (C=O) groups excluding carboxylic acids is 1. The molecule has 0 spiro atoms. The van der Waals surface area contributed by atoms with Crippen LogP contribution in [-0.2, 0) is 6.54 Å². The molecule has 2 N–H and O–H groups in total. The van der Waals surface area contributed by atoms with E-state index in [1.165, 1.54) is 0 Å². The molecule has 0 unspecified atom stereocenters. The first kappa shape index (κ1) is 21.8. The summed E-state index contributed by atoms with van der Waals surface area (Å²) in [5.74, 6) is 1.21. The van der Waals surface area contributed by atoms with E-state index in [1.807, 2.05) is 24.3 Å². The Labute approximate surface area is 190 Å². The maximum Gasteiger partial charge on any atom is 0.269 e. The second kappa shape index (κ2) is 9.82. The molecule has 0 bridgehead atoms. The number of aromatic amines is 1. The van der Waals surface area contributed by atoms with E-state index >= 15 is 0 Å². The Morgan fingerprint density at radius 2 is 1.73 bits per heavy atom. The highest BCUT2D eigenvalue weighted by molar-refractivity contribution is 5.93. The van der Waals surface area contributed by atoms with Crippen molar-refractivity contribution < 1.29 is 19.0 Å². The summed E-state index contributed by atoms with van der Waals surface area (Å²) < 4.78 is 16.1. The van der Waals surface area contributed by atoms with E-state index in [0.717, 1.165) is 22.4 Å². The fourth-order valence-electron chi connectivity index (χ4n) is 3.35. The van der Waals surface area contributed by atoms with Crippen molar-refractivity contribution in [3.63, 3.8) is 0 Å². The van der Waals surface area contributed by atoms with Crippen LogP contribution in [0.4, 0.5) is 0 Å². The summed E-state index contributed by atoms with van der Waals surface area (Å²) in [7, 11) is 4.63. The number of aromatic nitrogens is 4. The van der Waals surface area contributed by atoms with Gasteiger partial charge in [0.1, 0.15) is 5.69 Å². The van der Waals surface area contributed by atoms with Gasteiger partial charge in [0.25, 0.3) is 5.91 Å². The van der Waals surface area contributed by atoms with Crippen molar-refractivity contribution in [3.05, 3.63) is 72.3 Å². The smallest absolute Gasteiger partial charge is 0.269 e. The predicted octanol–water partition coefficient (Wildman–Crippen LogP) is 3.49. The first-order valence-corrected chi connectivity index (χ1v) is 10.1. The quantitative estimate of drug-likeness (QED) is 0.427. The first-order chi connectivity index (χ1) is 16.1. The van der Waals surface area contributed by atoms with Crippen molar-refractivity contribution in [2.75, 3.05) is 21.3 Å². The monoisotopic (exact) mass is 445 g/mol. The largest absolute Gasteiger partial charge is 0.493 e. The number of nitrogens with one attached hydrogen (secondary N) is 2. The topological polar surface area (TPSA) is 111 Å². The molecular weight excluding hydrogens is 422 g/mol. The van der Waals surface area contributed by atoms with Gasteiger partial charge < -0.3 is 19.5 Å². The highest BCUT2D eigenvalue weighted by Crippen LogP contribution is 2.40. The molecule has 168 valence electrons. The lowest BCUT2D eigenvalue weighted by Crippen LogP contribution is -2.23. The predicted molar refractivity (Wildman–Crippen MR) is 122 cm³/mol. The van der Waals surface area contributed by atoms with Crippen LogP contribution >= 0.6 is 0 Å². The van der Waals surface area contributed by atoms with E-state index in [1.54, 1.807) is 58.1 Å². The Hall–Kier alpha value is -4.40. The van der Waals surface area contributed by atoms with Gasteiger partial charge in [-0.2, -0.15) is 5.10 Å². The molecule has 0 fully saturated rings. The van der Waals surface area contributed by atoms with Crippen molar-refractivity contribution in [1.29, 1.82) is 0 Å². The van der Waals surface area contributed by atoms with Crippen molar-refractivity contribution >= 4 is 5.91 Å². The minimum absolute atomic E-state index is 0.277. The van der Waals surface area contributed by atoms with Crippen LogP contribution < -0.4 is 19.5 Å². The van der Waals surface area contributed by atoms with E-state index in [9.17, 15) is 4.79 Å². The summed E-state index contributed by atoms with van der Waals surface area (Å²) in [6.07, 6.45) is 5.17. The molecule has 9 nitrogen and oxygen atoms in total. The molecule has 0 aliphatic carbocycles. The molecule has 33 heavy (non-hydrogen) atoms. The van der Waals surface area contributed by atoms with Crippen LogP contribution in [0, 0.1) is 0 Å². The number of ether oxygens (including phenoxy) is 3. The van der Waals surface area contributed by atoms with Gasteiger partial charge in [-0.3, -0.25) is 19.9 Å². The first-order valence-electron chi connectivity index (χ1n) is 10.1. The number of hydrogen-bond donors (Lipinski definition) is 2. The van der Waals surface area contributed by atoms with Crippen molar-refractivity contribution in [2.24, 2.45) is 0 Å². The second-order valence-corrected chi connectivity index (χ2v) is 7.05. The van der Waals surface area contributed by atoms with Gasteiger partial charge in [-0.05, 0) is 48.0 Å². The second-order valence-electron chi connectivity index (χ2n) is 7.05. The molecule has 3 heterocycles. The molecule has 4 aromatic rings. The van der Waals surface area contributed by atoms with Gasteiger partial charge in [0.05, 0.1) is 32.7 Å². The van der Waals surface area contributed by atoms with Gasteiger partial charge in [-0.25, -0.2) is 0 Å². The number of rotatable bonds is 8. The normalized spacial score (nSPS) is 10.5. The maximum atomic E-state index is 12.7. The van der Waals surface area contributed by atoms with Crippen LogP contribution in [0.2, 0.25) is 0 Å². The Balaban J connectivity index is 1.48. The molecule has 0 saturated carbocycles. The van der Waals surface area contributed by atoms with Crippen LogP contribution in [-0.4, -0.2) is 47.4 Å². The zero-order valence-corrected chi connectivity index (χ0v) is 18.5. The van der Waals surface area contributed by atoms with E-state index in [0.29, 0.717) is 35.2 Å². The summed E-state index contributed by atoms with van der Waals surface area (Å²) in [6, 6.07) is 12.8. The molecule has 1 aromatic carbocycles. The molecule has 3 aromatic heterocycles. The van der Waals surface area contributed by atoms with Gasteiger partial charge in [-0.15, -0.1) is 0 Å². The summed E-state index contributed by atoms with van der Waals surface area (Å²) in [5.41, 5.74) is 4.24. The number of pyridine rings is 2. The molecule has 0 saturated heterocycles. The third-order valence-corrected chi connectivity index (χ3v) is 5.02. The number of methoxy groups -OCH3 is 3. The van der Waals surface area contributed by atoms with Gasteiger partial charge in [-0.1, -0.05) is 0 Å². The van der Waals surface area contributed by atoms with E-state index in [-0.39, 0.29) is 5.91 Å². The number of carbonyl (C=O) groups is 1. The molecular formula is C24H23N5O4. The average molecular weight is 445 g/mol. The highest BCUT2D eigenvalue weighted by Gasteiger charge is 2.17. The minimum Gasteiger partial charge on any atom is -0.493 e. The van der Waals surface area contributed by atoms with Crippen LogP contribution in [0.25, 0.3) is 22.5 Å². The third kappa shape index (κ3) is 4.77. The van der Waals surface area contributed by atoms with Crippen LogP contribution in [0.15, 0.2) is 61.1 Å². The minimum atomic E-state index is -0.277. The summed E-state index contributed by atoms with van der Waals surface area (Å²) in [6.45, 7) is 0.340. The summed E-state index contributed by atoms with van der Waals surface area (Å²) in [5, 5.41) is 9.95. The zero-order valence-electron chi connectivity index (χ0n) is 18.5. The zero-order chi connectivity index (χ0) is 23.2. The molecule has 9 heteroatoms. The number of amides is 1. The van der Waals surface area contributed by atoms with Crippen LogP contribution in [0.5, 0.6) is 17.2 Å². The van der Waals surface area contributed by atoms with Crippen molar-refractivity contribution in [1.82, 2.24) is 25.5 Å². The highest BCUT2D eigenvalue weighted by atomic mass is 16.5. The van der Waals surface area contributed by atoms with Crippen molar-refractivity contribution in [2.45, 2.75) is 6.54 Å². The van der Waals surface area contributed by atoms with E-state index in [4.69, 9.17) is 14.2 Å². The molecule has 0 radical (unpaired) electrons.